The van der Waals surface area contributed by atoms with Crippen LogP contribution >= 0.6 is 24.0 Å². The SMILES string of the molecule is CN=C(NCc1cc(F)cc2c1OCOC2)N1CC2C3CCC(O3)C2C1.I. The Kier molecular flexibility index (Phi) is 5.48. The van der Waals surface area contributed by atoms with Crippen LogP contribution in [0.1, 0.15) is 24.0 Å². The average molecular weight is 489 g/mol. The third-order valence-electron chi connectivity index (χ3n) is 6.15. The molecule has 5 rings (SSSR count). The van der Waals surface area contributed by atoms with Crippen molar-refractivity contribution in [3.8, 4) is 5.75 Å². The highest BCUT2D eigenvalue weighted by molar-refractivity contribution is 14.0. The van der Waals surface area contributed by atoms with E-state index in [2.05, 4.69) is 15.2 Å². The van der Waals surface area contributed by atoms with E-state index in [0.29, 0.717) is 37.2 Å². The van der Waals surface area contributed by atoms with Gasteiger partial charge in [0.1, 0.15) is 11.6 Å². The summed E-state index contributed by atoms with van der Waals surface area (Å²) in [5.74, 6) is 2.56. The van der Waals surface area contributed by atoms with Gasteiger partial charge in [0, 0.05) is 49.6 Å². The van der Waals surface area contributed by atoms with Gasteiger partial charge in [0.15, 0.2) is 12.8 Å². The summed E-state index contributed by atoms with van der Waals surface area (Å²) in [5.41, 5.74) is 1.56. The van der Waals surface area contributed by atoms with Crippen LogP contribution in [0.5, 0.6) is 5.75 Å². The van der Waals surface area contributed by atoms with E-state index in [9.17, 15) is 4.39 Å². The van der Waals surface area contributed by atoms with Crippen LogP contribution in [0.15, 0.2) is 17.1 Å². The van der Waals surface area contributed by atoms with Gasteiger partial charge in [0.2, 0.25) is 0 Å². The number of benzene rings is 1. The van der Waals surface area contributed by atoms with Crippen molar-refractivity contribution >= 4 is 29.9 Å². The second-order valence-corrected chi connectivity index (χ2v) is 7.59. The first-order chi connectivity index (χ1) is 12.7. The summed E-state index contributed by atoms with van der Waals surface area (Å²) in [7, 11) is 1.80. The molecule has 1 aromatic rings. The lowest BCUT2D eigenvalue weighted by molar-refractivity contribution is -0.0173. The fourth-order valence-corrected chi connectivity index (χ4v) is 5.03. The zero-order valence-electron chi connectivity index (χ0n) is 15.3. The van der Waals surface area contributed by atoms with E-state index >= 15 is 0 Å². The van der Waals surface area contributed by atoms with Crippen LogP contribution in [0.3, 0.4) is 0 Å². The standard InChI is InChI=1S/C19H24FN3O3.HI/c1-21-19(23-7-14-15(8-23)17-3-2-16(14)26-17)22-6-11-4-13(20)5-12-9-24-10-25-18(11)12;/h4-5,14-17H,2-3,6-10H2,1H3,(H,21,22);1H. The molecule has 3 saturated heterocycles. The normalized spacial score (nSPS) is 31.2. The topological polar surface area (TPSA) is 55.3 Å². The lowest BCUT2D eigenvalue weighted by atomic mass is 9.82. The average Bonchev–Trinajstić information content (AvgIpc) is 3.35. The van der Waals surface area contributed by atoms with Crippen molar-refractivity contribution in [1.82, 2.24) is 10.2 Å². The van der Waals surface area contributed by atoms with E-state index in [0.717, 1.165) is 35.9 Å². The highest BCUT2D eigenvalue weighted by atomic mass is 127. The molecule has 4 atom stereocenters. The minimum atomic E-state index is -0.269. The zero-order valence-corrected chi connectivity index (χ0v) is 17.6. The maximum Gasteiger partial charge on any atom is 0.193 e. The van der Waals surface area contributed by atoms with Crippen LogP contribution in [-0.2, 0) is 22.6 Å². The van der Waals surface area contributed by atoms with Gasteiger partial charge in [-0.1, -0.05) is 0 Å². The van der Waals surface area contributed by atoms with Gasteiger partial charge in [-0.25, -0.2) is 4.39 Å². The first kappa shape index (κ1) is 19.2. The molecule has 3 fully saturated rings. The van der Waals surface area contributed by atoms with Crippen molar-refractivity contribution in [3.05, 3.63) is 29.1 Å². The van der Waals surface area contributed by atoms with E-state index < -0.39 is 0 Å². The van der Waals surface area contributed by atoms with Gasteiger partial charge in [-0.15, -0.1) is 24.0 Å². The first-order valence-corrected chi connectivity index (χ1v) is 9.36. The van der Waals surface area contributed by atoms with Crippen molar-refractivity contribution < 1.29 is 18.6 Å². The highest BCUT2D eigenvalue weighted by Gasteiger charge is 2.53. The summed E-state index contributed by atoms with van der Waals surface area (Å²) in [5, 5.41) is 3.39. The molecule has 4 heterocycles. The van der Waals surface area contributed by atoms with Crippen LogP contribution in [0.4, 0.5) is 4.39 Å². The molecular formula is C19H25FIN3O3. The van der Waals surface area contributed by atoms with Crippen molar-refractivity contribution in [1.29, 1.82) is 0 Å². The highest BCUT2D eigenvalue weighted by Crippen LogP contribution is 2.47. The lowest BCUT2D eigenvalue weighted by Gasteiger charge is -2.25. The molecule has 8 heteroatoms. The number of ether oxygens (including phenoxy) is 3. The monoisotopic (exact) mass is 489 g/mol. The molecule has 0 amide bonds. The molecule has 27 heavy (non-hydrogen) atoms. The smallest absolute Gasteiger partial charge is 0.193 e. The third kappa shape index (κ3) is 3.40. The molecule has 0 aromatic heterocycles. The predicted octanol–water partition coefficient (Wildman–Crippen LogP) is 2.49. The van der Waals surface area contributed by atoms with Crippen LogP contribution in [0.25, 0.3) is 0 Å². The van der Waals surface area contributed by atoms with E-state index in [1.165, 1.54) is 25.0 Å². The number of nitrogens with zero attached hydrogens (tertiary/aromatic N) is 2. The largest absolute Gasteiger partial charge is 0.467 e. The first-order valence-electron chi connectivity index (χ1n) is 9.36. The molecule has 0 spiro atoms. The van der Waals surface area contributed by atoms with Crippen molar-refractivity contribution in [2.45, 2.75) is 38.2 Å². The van der Waals surface area contributed by atoms with E-state index in [-0.39, 0.29) is 36.6 Å². The number of halogens is 2. The van der Waals surface area contributed by atoms with Crippen molar-refractivity contribution in [2.75, 3.05) is 26.9 Å². The van der Waals surface area contributed by atoms with Crippen LogP contribution in [-0.4, -0.2) is 50.0 Å². The Bertz CT molecular complexity index is 729. The van der Waals surface area contributed by atoms with Gasteiger partial charge in [0.05, 0.1) is 18.8 Å². The van der Waals surface area contributed by atoms with E-state index in [4.69, 9.17) is 14.2 Å². The third-order valence-corrected chi connectivity index (χ3v) is 6.15. The van der Waals surface area contributed by atoms with Gasteiger partial charge in [0.25, 0.3) is 0 Å². The lowest BCUT2D eigenvalue weighted by Crippen LogP contribution is -2.41. The van der Waals surface area contributed by atoms with Crippen LogP contribution in [0.2, 0.25) is 0 Å². The van der Waals surface area contributed by atoms with Crippen molar-refractivity contribution in [3.63, 3.8) is 0 Å². The summed E-state index contributed by atoms with van der Waals surface area (Å²) in [6.45, 7) is 3.03. The maximum absolute atomic E-state index is 13.9. The Hall–Kier alpha value is -1.13. The Labute approximate surface area is 175 Å². The van der Waals surface area contributed by atoms with Gasteiger partial charge >= 0.3 is 0 Å². The predicted molar refractivity (Wildman–Crippen MR) is 109 cm³/mol. The Morgan fingerprint density at radius 2 is 2.00 bits per heavy atom. The Morgan fingerprint density at radius 3 is 2.70 bits per heavy atom. The molecule has 4 aliphatic heterocycles. The Balaban J connectivity index is 0.00000180. The number of guanidine groups is 1. The van der Waals surface area contributed by atoms with Gasteiger partial charge in [-0.05, 0) is 25.0 Å². The number of hydrogen-bond donors (Lipinski definition) is 1. The molecule has 6 nitrogen and oxygen atoms in total. The molecule has 1 aromatic carbocycles. The summed E-state index contributed by atoms with van der Waals surface area (Å²) in [6, 6.07) is 3.00. The number of hydrogen-bond acceptors (Lipinski definition) is 4. The molecule has 0 saturated carbocycles. The number of fused-ring (bicyclic) bond motifs is 6. The second-order valence-electron chi connectivity index (χ2n) is 7.59. The van der Waals surface area contributed by atoms with Gasteiger partial charge in [-0.2, -0.15) is 0 Å². The molecule has 148 valence electrons. The molecule has 1 N–H and O–H groups in total. The minimum Gasteiger partial charge on any atom is -0.467 e. The second kappa shape index (κ2) is 7.71. The van der Waals surface area contributed by atoms with Crippen LogP contribution < -0.4 is 10.1 Å². The fraction of sp³-hybridized carbons (Fsp3) is 0.632. The molecule has 2 bridgehead atoms. The number of nitrogens with one attached hydrogen (secondary N) is 1. The maximum atomic E-state index is 13.9. The van der Waals surface area contributed by atoms with E-state index in [1.54, 1.807) is 7.05 Å². The molecule has 4 unspecified atom stereocenters. The molecule has 4 aliphatic rings. The van der Waals surface area contributed by atoms with E-state index in [1.807, 2.05) is 0 Å². The van der Waals surface area contributed by atoms with Gasteiger partial charge in [-0.3, -0.25) is 4.99 Å². The summed E-state index contributed by atoms with van der Waals surface area (Å²) in [4.78, 5) is 6.77. The quantitative estimate of drug-likeness (QED) is 0.393. The number of aliphatic imine (C=N–C) groups is 1. The number of rotatable bonds is 2. The summed E-state index contributed by atoms with van der Waals surface area (Å²) in [6.07, 6.45) is 3.25. The van der Waals surface area contributed by atoms with Crippen LogP contribution in [0, 0.1) is 17.7 Å². The van der Waals surface area contributed by atoms with Crippen molar-refractivity contribution in [2.24, 2.45) is 16.8 Å². The Morgan fingerprint density at radius 1 is 1.26 bits per heavy atom. The summed E-state index contributed by atoms with van der Waals surface area (Å²) < 4.78 is 30.8. The zero-order chi connectivity index (χ0) is 17.7. The minimum absolute atomic E-state index is 0. The molecule has 0 aliphatic carbocycles. The van der Waals surface area contributed by atoms with Gasteiger partial charge < -0.3 is 24.4 Å². The summed E-state index contributed by atoms with van der Waals surface area (Å²) >= 11 is 0. The fourth-order valence-electron chi connectivity index (χ4n) is 5.03. The molecular weight excluding hydrogens is 464 g/mol. The number of likely N-dealkylation sites (tertiary alicyclic amines) is 1. The molecule has 0 radical (unpaired) electrons.